The zero-order chi connectivity index (χ0) is 17.6. The molecule has 2 heterocycles. The van der Waals surface area contributed by atoms with Gasteiger partial charge in [0.25, 0.3) is 5.91 Å². The Bertz CT molecular complexity index is 1110. The molecule has 0 aliphatic heterocycles. The number of hydrogen-bond donors (Lipinski definition) is 1. The van der Waals surface area contributed by atoms with Crippen molar-refractivity contribution in [3.05, 3.63) is 58.0 Å². The fourth-order valence-electron chi connectivity index (χ4n) is 3.40. The van der Waals surface area contributed by atoms with Crippen LogP contribution in [0.2, 0.25) is 0 Å². The SMILES string of the molecule is CCn1c2ccccc2c2cc(NC(=O)c3sc(C)nc3C)ccc21. The van der Waals surface area contributed by atoms with Crippen molar-refractivity contribution in [2.45, 2.75) is 27.3 Å². The minimum atomic E-state index is -0.0957. The molecule has 4 aromatic rings. The van der Waals surface area contributed by atoms with E-state index >= 15 is 0 Å². The number of nitrogens with zero attached hydrogens (tertiary/aromatic N) is 2. The standard InChI is InChI=1S/C20H19N3OS/c1-4-23-17-8-6-5-7-15(17)16-11-14(9-10-18(16)23)22-20(24)19-12(2)21-13(3)25-19/h5-11H,4H2,1-3H3,(H,22,24). The molecule has 1 N–H and O–H groups in total. The average molecular weight is 349 g/mol. The molecule has 0 radical (unpaired) electrons. The lowest BCUT2D eigenvalue weighted by Crippen LogP contribution is -2.11. The van der Waals surface area contributed by atoms with Crippen LogP contribution in [-0.2, 0) is 6.54 Å². The highest BCUT2D eigenvalue weighted by molar-refractivity contribution is 7.13. The highest BCUT2D eigenvalue weighted by atomic mass is 32.1. The van der Waals surface area contributed by atoms with Crippen LogP contribution in [0.3, 0.4) is 0 Å². The minimum absolute atomic E-state index is 0.0957. The Hall–Kier alpha value is -2.66. The molecule has 0 bridgehead atoms. The number of thiazole rings is 1. The molecule has 4 rings (SSSR count). The zero-order valence-electron chi connectivity index (χ0n) is 14.5. The minimum Gasteiger partial charge on any atom is -0.341 e. The van der Waals surface area contributed by atoms with Gasteiger partial charge in [0.1, 0.15) is 4.88 Å². The number of nitrogens with one attached hydrogen (secondary N) is 1. The third-order valence-corrected chi connectivity index (χ3v) is 5.53. The number of aryl methyl sites for hydroxylation is 3. The smallest absolute Gasteiger partial charge is 0.267 e. The van der Waals surface area contributed by atoms with E-state index in [1.54, 1.807) is 0 Å². The van der Waals surface area contributed by atoms with Crippen LogP contribution in [-0.4, -0.2) is 15.5 Å². The predicted molar refractivity (Wildman–Crippen MR) is 105 cm³/mol. The van der Waals surface area contributed by atoms with Crippen LogP contribution < -0.4 is 5.32 Å². The molecule has 0 spiro atoms. The number of hydrogen-bond acceptors (Lipinski definition) is 3. The Kier molecular flexibility index (Phi) is 3.81. The molecule has 2 aromatic carbocycles. The van der Waals surface area contributed by atoms with Crippen LogP contribution in [0, 0.1) is 13.8 Å². The van der Waals surface area contributed by atoms with Gasteiger partial charge < -0.3 is 9.88 Å². The topological polar surface area (TPSA) is 46.9 Å². The second-order valence-corrected chi connectivity index (χ2v) is 7.30. The quantitative estimate of drug-likeness (QED) is 0.557. The lowest BCUT2D eigenvalue weighted by Gasteiger charge is -2.06. The number of amides is 1. The van der Waals surface area contributed by atoms with Gasteiger partial charge in [-0.3, -0.25) is 4.79 Å². The number of carbonyl (C=O) groups is 1. The third-order valence-electron chi connectivity index (χ3n) is 4.46. The highest BCUT2D eigenvalue weighted by Crippen LogP contribution is 2.31. The van der Waals surface area contributed by atoms with Gasteiger partial charge in [0.05, 0.1) is 10.7 Å². The number of para-hydroxylation sites is 1. The van der Waals surface area contributed by atoms with Gasteiger partial charge in [-0.2, -0.15) is 0 Å². The maximum Gasteiger partial charge on any atom is 0.267 e. The first-order valence-electron chi connectivity index (χ1n) is 8.35. The van der Waals surface area contributed by atoms with Gasteiger partial charge in [-0.05, 0) is 45.0 Å². The number of carbonyl (C=O) groups excluding carboxylic acids is 1. The van der Waals surface area contributed by atoms with Crippen LogP contribution >= 0.6 is 11.3 Å². The van der Waals surface area contributed by atoms with Crippen molar-refractivity contribution in [1.29, 1.82) is 0 Å². The number of anilines is 1. The second-order valence-electron chi connectivity index (χ2n) is 6.09. The monoisotopic (exact) mass is 349 g/mol. The second kappa shape index (κ2) is 6.01. The van der Waals surface area contributed by atoms with E-state index < -0.39 is 0 Å². The Morgan fingerprint density at radius 3 is 2.60 bits per heavy atom. The summed E-state index contributed by atoms with van der Waals surface area (Å²) in [5.41, 5.74) is 3.99. The lowest BCUT2D eigenvalue weighted by molar-refractivity contribution is 0.103. The molecule has 0 saturated carbocycles. The van der Waals surface area contributed by atoms with E-state index in [2.05, 4.69) is 58.2 Å². The molecule has 0 aliphatic carbocycles. The maximum atomic E-state index is 12.6. The van der Waals surface area contributed by atoms with E-state index in [0.29, 0.717) is 4.88 Å². The fraction of sp³-hybridized carbons (Fsp3) is 0.200. The summed E-state index contributed by atoms with van der Waals surface area (Å²) in [4.78, 5) is 17.6. The Labute approximate surface area is 150 Å². The molecule has 0 atom stereocenters. The number of aromatic nitrogens is 2. The Morgan fingerprint density at radius 1 is 1.12 bits per heavy atom. The van der Waals surface area contributed by atoms with E-state index in [-0.39, 0.29) is 5.91 Å². The molecule has 25 heavy (non-hydrogen) atoms. The molecular weight excluding hydrogens is 330 g/mol. The zero-order valence-corrected chi connectivity index (χ0v) is 15.3. The van der Waals surface area contributed by atoms with Gasteiger partial charge in [0.15, 0.2) is 0 Å². The van der Waals surface area contributed by atoms with Crippen molar-refractivity contribution >= 4 is 44.7 Å². The molecule has 4 nitrogen and oxygen atoms in total. The fourth-order valence-corrected chi connectivity index (χ4v) is 4.22. The van der Waals surface area contributed by atoms with Crippen LogP contribution in [0.25, 0.3) is 21.8 Å². The number of benzene rings is 2. The van der Waals surface area contributed by atoms with E-state index in [1.165, 1.54) is 27.8 Å². The maximum absolute atomic E-state index is 12.6. The lowest BCUT2D eigenvalue weighted by atomic mass is 10.1. The van der Waals surface area contributed by atoms with E-state index in [0.717, 1.165) is 28.3 Å². The van der Waals surface area contributed by atoms with Crippen molar-refractivity contribution < 1.29 is 4.79 Å². The number of fused-ring (bicyclic) bond motifs is 3. The van der Waals surface area contributed by atoms with Crippen molar-refractivity contribution in [2.24, 2.45) is 0 Å². The summed E-state index contributed by atoms with van der Waals surface area (Å²) in [6, 6.07) is 14.5. The first-order valence-corrected chi connectivity index (χ1v) is 9.16. The Morgan fingerprint density at radius 2 is 1.88 bits per heavy atom. The van der Waals surface area contributed by atoms with E-state index in [4.69, 9.17) is 0 Å². The molecule has 0 aliphatic rings. The van der Waals surface area contributed by atoms with Gasteiger partial charge in [0, 0.05) is 34.0 Å². The molecule has 1 amide bonds. The van der Waals surface area contributed by atoms with Gasteiger partial charge in [0.2, 0.25) is 0 Å². The molecule has 0 saturated heterocycles. The van der Waals surface area contributed by atoms with E-state index in [9.17, 15) is 4.79 Å². The highest BCUT2D eigenvalue weighted by Gasteiger charge is 2.15. The van der Waals surface area contributed by atoms with E-state index in [1.807, 2.05) is 19.9 Å². The molecule has 0 unspecified atom stereocenters. The third kappa shape index (κ3) is 2.61. The molecule has 2 aromatic heterocycles. The van der Waals surface area contributed by atoms with Gasteiger partial charge in [-0.15, -0.1) is 11.3 Å². The summed E-state index contributed by atoms with van der Waals surface area (Å²) in [5, 5.41) is 6.29. The molecule has 0 fully saturated rings. The summed E-state index contributed by atoms with van der Waals surface area (Å²) in [6.07, 6.45) is 0. The van der Waals surface area contributed by atoms with Crippen molar-refractivity contribution in [3.63, 3.8) is 0 Å². The summed E-state index contributed by atoms with van der Waals surface area (Å²) in [7, 11) is 0. The summed E-state index contributed by atoms with van der Waals surface area (Å²) >= 11 is 1.43. The predicted octanol–water partition coefficient (Wildman–Crippen LogP) is 5.14. The normalized spacial score (nSPS) is 11.3. The van der Waals surface area contributed by atoms with Crippen LogP contribution in [0.1, 0.15) is 27.3 Å². The molecule has 126 valence electrons. The van der Waals surface area contributed by atoms with Crippen molar-refractivity contribution in [1.82, 2.24) is 9.55 Å². The van der Waals surface area contributed by atoms with Gasteiger partial charge in [-0.1, -0.05) is 18.2 Å². The first kappa shape index (κ1) is 15.8. The van der Waals surface area contributed by atoms with Crippen LogP contribution in [0.4, 0.5) is 5.69 Å². The average Bonchev–Trinajstić information content (AvgIpc) is 3.11. The van der Waals surface area contributed by atoms with Crippen molar-refractivity contribution in [3.8, 4) is 0 Å². The summed E-state index contributed by atoms with van der Waals surface area (Å²) in [5.74, 6) is -0.0957. The largest absolute Gasteiger partial charge is 0.341 e. The molecular formula is C20H19N3OS. The number of rotatable bonds is 3. The van der Waals surface area contributed by atoms with Gasteiger partial charge >= 0.3 is 0 Å². The van der Waals surface area contributed by atoms with Crippen LogP contribution in [0.5, 0.6) is 0 Å². The molecule has 5 heteroatoms. The van der Waals surface area contributed by atoms with Crippen LogP contribution in [0.15, 0.2) is 42.5 Å². The summed E-state index contributed by atoms with van der Waals surface area (Å²) in [6.45, 7) is 6.85. The summed E-state index contributed by atoms with van der Waals surface area (Å²) < 4.78 is 2.30. The van der Waals surface area contributed by atoms with Crippen molar-refractivity contribution in [2.75, 3.05) is 5.32 Å². The first-order chi connectivity index (χ1) is 12.1. The Balaban J connectivity index is 1.78. The van der Waals surface area contributed by atoms with Gasteiger partial charge in [-0.25, -0.2) is 4.98 Å².